The summed E-state index contributed by atoms with van der Waals surface area (Å²) >= 11 is 6.22. The summed E-state index contributed by atoms with van der Waals surface area (Å²) in [6.45, 7) is 2.12. The number of hydrogen-bond donors (Lipinski definition) is 0. The Morgan fingerprint density at radius 1 is 1.12 bits per heavy atom. The van der Waals surface area contributed by atoms with Gasteiger partial charge in [0, 0.05) is 10.6 Å². The molecule has 0 saturated carbocycles. The minimum absolute atomic E-state index is 0.590. The summed E-state index contributed by atoms with van der Waals surface area (Å²) in [5.74, 6) is 0. The molecule has 17 heavy (non-hydrogen) atoms. The summed E-state index contributed by atoms with van der Waals surface area (Å²) in [5.41, 5.74) is 3.99. The Bertz CT molecular complexity index is 582. The van der Waals surface area contributed by atoms with Gasteiger partial charge in [0.15, 0.2) is 0 Å². The normalized spacial score (nSPS) is 9.94. The number of halogens is 1. The zero-order chi connectivity index (χ0) is 12.3. The van der Waals surface area contributed by atoms with Gasteiger partial charge in [-0.15, -0.1) is 0 Å². The van der Waals surface area contributed by atoms with Crippen molar-refractivity contribution < 1.29 is 0 Å². The molecule has 0 heterocycles. The maximum atomic E-state index is 8.82. The van der Waals surface area contributed by atoms with Gasteiger partial charge in [0.2, 0.25) is 0 Å². The van der Waals surface area contributed by atoms with Crippen molar-refractivity contribution in [2.24, 2.45) is 0 Å². The fraction of sp³-hybridized carbons (Fsp3) is 0.133. The molecule has 0 aliphatic rings. The van der Waals surface area contributed by atoms with Crippen molar-refractivity contribution in [1.29, 1.82) is 5.26 Å². The first-order chi connectivity index (χ1) is 8.26. The molecule has 0 aromatic heterocycles. The molecule has 2 aromatic carbocycles. The molecule has 0 spiro atoms. The number of hydrogen-bond acceptors (Lipinski definition) is 1. The van der Waals surface area contributed by atoms with Gasteiger partial charge in [0.1, 0.15) is 0 Å². The molecule has 0 atom stereocenters. The molecule has 0 amide bonds. The van der Waals surface area contributed by atoms with E-state index in [4.69, 9.17) is 16.9 Å². The van der Waals surface area contributed by atoms with Gasteiger partial charge < -0.3 is 0 Å². The number of benzene rings is 2. The van der Waals surface area contributed by atoms with E-state index in [1.807, 2.05) is 18.2 Å². The first-order valence-corrected chi connectivity index (χ1v) is 5.92. The zero-order valence-corrected chi connectivity index (χ0v) is 10.3. The predicted molar refractivity (Wildman–Crippen MR) is 71.0 cm³/mol. The van der Waals surface area contributed by atoms with E-state index in [-0.39, 0.29) is 0 Å². The molecule has 1 nitrogen and oxygen atoms in total. The molecule has 0 bridgehead atoms. The summed E-state index contributed by atoms with van der Waals surface area (Å²) in [4.78, 5) is 0. The third-order valence-corrected chi connectivity index (χ3v) is 3.10. The van der Waals surface area contributed by atoms with Crippen molar-refractivity contribution in [3.8, 4) is 17.2 Å². The molecule has 2 rings (SSSR count). The second-order valence-electron chi connectivity index (χ2n) is 3.82. The number of nitrogens with zero attached hydrogens (tertiary/aromatic N) is 1. The van der Waals surface area contributed by atoms with E-state index in [0.29, 0.717) is 10.6 Å². The van der Waals surface area contributed by atoms with Crippen molar-refractivity contribution in [1.82, 2.24) is 0 Å². The highest BCUT2D eigenvalue weighted by Gasteiger charge is 2.07. The summed E-state index contributed by atoms with van der Waals surface area (Å²) < 4.78 is 0. The molecule has 0 aliphatic heterocycles. The Morgan fingerprint density at radius 3 is 2.53 bits per heavy atom. The van der Waals surface area contributed by atoms with Crippen LogP contribution in [0.5, 0.6) is 0 Å². The molecule has 0 fully saturated rings. The monoisotopic (exact) mass is 241 g/mol. The largest absolute Gasteiger partial charge is 0.192 e. The molecule has 2 aromatic rings. The summed E-state index contributed by atoms with van der Waals surface area (Å²) in [7, 11) is 0. The van der Waals surface area contributed by atoms with Crippen LogP contribution in [-0.2, 0) is 6.42 Å². The average Bonchev–Trinajstić information content (AvgIpc) is 2.38. The van der Waals surface area contributed by atoms with E-state index in [1.165, 1.54) is 5.56 Å². The van der Waals surface area contributed by atoms with Crippen LogP contribution in [0.4, 0.5) is 0 Å². The van der Waals surface area contributed by atoms with Crippen molar-refractivity contribution >= 4 is 11.6 Å². The molecular formula is C15H12ClN. The van der Waals surface area contributed by atoms with E-state index < -0.39 is 0 Å². The van der Waals surface area contributed by atoms with Crippen LogP contribution in [0.15, 0.2) is 42.5 Å². The summed E-state index contributed by atoms with van der Waals surface area (Å²) in [6.07, 6.45) is 0.965. The lowest BCUT2D eigenvalue weighted by molar-refractivity contribution is 1.14. The van der Waals surface area contributed by atoms with Crippen LogP contribution < -0.4 is 0 Å². The SMILES string of the molecule is CCc1ccccc1-c1ccc(C#N)cc1Cl. The third-order valence-electron chi connectivity index (χ3n) is 2.79. The number of aryl methyl sites for hydroxylation is 1. The molecular weight excluding hydrogens is 230 g/mol. The van der Waals surface area contributed by atoms with Crippen LogP contribution in [-0.4, -0.2) is 0 Å². The van der Waals surface area contributed by atoms with Crippen molar-refractivity contribution in [3.63, 3.8) is 0 Å². The Labute approximate surface area is 106 Å². The zero-order valence-electron chi connectivity index (χ0n) is 9.57. The molecule has 0 aliphatic carbocycles. The quantitative estimate of drug-likeness (QED) is 0.763. The van der Waals surface area contributed by atoms with E-state index in [2.05, 4.69) is 25.1 Å². The highest BCUT2D eigenvalue weighted by atomic mass is 35.5. The first-order valence-electron chi connectivity index (χ1n) is 5.54. The minimum Gasteiger partial charge on any atom is -0.192 e. The van der Waals surface area contributed by atoms with Crippen LogP contribution in [0.3, 0.4) is 0 Å². The smallest absolute Gasteiger partial charge is 0.0992 e. The van der Waals surface area contributed by atoms with Crippen LogP contribution in [0.1, 0.15) is 18.1 Å². The van der Waals surface area contributed by atoms with Crippen molar-refractivity contribution in [2.75, 3.05) is 0 Å². The topological polar surface area (TPSA) is 23.8 Å². The molecule has 2 heteroatoms. The van der Waals surface area contributed by atoms with Gasteiger partial charge in [0.05, 0.1) is 11.6 Å². The predicted octanol–water partition coefficient (Wildman–Crippen LogP) is 4.44. The van der Waals surface area contributed by atoms with Gasteiger partial charge in [-0.1, -0.05) is 48.9 Å². The lowest BCUT2D eigenvalue weighted by Gasteiger charge is -2.09. The van der Waals surface area contributed by atoms with Gasteiger partial charge in [0.25, 0.3) is 0 Å². The van der Waals surface area contributed by atoms with E-state index in [9.17, 15) is 0 Å². The number of rotatable bonds is 2. The van der Waals surface area contributed by atoms with Crippen LogP contribution in [0, 0.1) is 11.3 Å². The highest BCUT2D eigenvalue weighted by molar-refractivity contribution is 6.33. The number of nitriles is 1. The highest BCUT2D eigenvalue weighted by Crippen LogP contribution is 2.31. The van der Waals surface area contributed by atoms with Gasteiger partial charge in [-0.05, 0) is 29.7 Å². The van der Waals surface area contributed by atoms with Crippen molar-refractivity contribution in [2.45, 2.75) is 13.3 Å². The molecule has 0 N–H and O–H groups in total. The first kappa shape index (κ1) is 11.7. The second kappa shape index (κ2) is 5.03. The third kappa shape index (κ3) is 2.33. The Morgan fingerprint density at radius 2 is 1.88 bits per heavy atom. The Balaban J connectivity index is 2.57. The fourth-order valence-electron chi connectivity index (χ4n) is 1.89. The molecule has 84 valence electrons. The molecule has 0 unspecified atom stereocenters. The summed E-state index contributed by atoms with van der Waals surface area (Å²) in [5, 5.41) is 9.45. The van der Waals surface area contributed by atoms with E-state index in [0.717, 1.165) is 17.5 Å². The minimum atomic E-state index is 0.590. The maximum absolute atomic E-state index is 8.82. The second-order valence-corrected chi connectivity index (χ2v) is 4.22. The average molecular weight is 242 g/mol. The standard InChI is InChI=1S/C15H12ClN/c1-2-12-5-3-4-6-13(12)14-8-7-11(10-17)9-15(14)16/h3-9H,2H2,1H3. The van der Waals surface area contributed by atoms with Crippen LogP contribution in [0.2, 0.25) is 5.02 Å². The Kier molecular flexibility index (Phi) is 3.46. The molecule has 0 saturated heterocycles. The van der Waals surface area contributed by atoms with Gasteiger partial charge in [-0.25, -0.2) is 0 Å². The van der Waals surface area contributed by atoms with Gasteiger partial charge in [-0.3, -0.25) is 0 Å². The Hall–Kier alpha value is -1.78. The van der Waals surface area contributed by atoms with Gasteiger partial charge in [-0.2, -0.15) is 5.26 Å². The van der Waals surface area contributed by atoms with Crippen LogP contribution >= 0.6 is 11.6 Å². The van der Waals surface area contributed by atoms with Gasteiger partial charge >= 0.3 is 0 Å². The van der Waals surface area contributed by atoms with Crippen molar-refractivity contribution in [3.05, 3.63) is 58.6 Å². The van der Waals surface area contributed by atoms with Crippen LogP contribution in [0.25, 0.3) is 11.1 Å². The summed E-state index contributed by atoms with van der Waals surface area (Å²) in [6, 6.07) is 15.7. The van der Waals surface area contributed by atoms with E-state index >= 15 is 0 Å². The fourth-order valence-corrected chi connectivity index (χ4v) is 2.18. The van der Waals surface area contributed by atoms with E-state index in [1.54, 1.807) is 12.1 Å². The molecule has 0 radical (unpaired) electrons. The lowest BCUT2D eigenvalue weighted by atomic mass is 9.97. The lowest BCUT2D eigenvalue weighted by Crippen LogP contribution is -1.88. The maximum Gasteiger partial charge on any atom is 0.0992 e.